The van der Waals surface area contributed by atoms with Crippen molar-refractivity contribution in [2.24, 2.45) is 0 Å². The molecule has 3 rings (SSSR count). The van der Waals surface area contributed by atoms with Gasteiger partial charge in [0.05, 0.1) is 12.5 Å². The van der Waals surface area contributed by atoms with E-state index >= 15 is 0 Å². The average Bonchev–Trinajstić information content (AvgIpc) is 2.48. The Morgan fingerprint density at radius 1 is 1.00 bits per heavy atom. The quantitative estimate of drug-likeness (QED) is 0.629. The zero-order valence-electron chi connectivity index (χ0n) is 11.5. The van der Waals surface area contributed by atoms with E-state index in [1.165, 1.54) is 43.5 Å². The number of methoxy groups -OCH3 is 1. The predicted molar refractivity (Wildman–Crippen MR) is 79.5 cm³/mol. The molecule has 0 saturated heterocycles. The summed E-state index contributed by atoms with van der Waals surface area (Å²) in [6.07, 6.45) is 0. The fraction of sp³-hybridized carbons (Fsp3) is 0.0625. The van der Waals surface area contributed by atoms with Gasteiger partial charge in [-0.3, -0.25) is 0 Å². The number of rotatable bonds is 2. The van der Waals surface area contributed by atoms with E-state index in [4.69, 9.17) is 9.15 Å². The van der Waals surface area contributed by atoms with Crippen LogP contribution in [-0.4, -0.2) is 22.4 Å². The standard InChI is InChI=1S/C16H12O6/c1-21-12-6-8(17)2-4-10(12)14-15(19)11-5-3-9(18)7-13(11)22-16(14)20/h2-7,17-19H,1H3. The lowest BCUT2D eigenvalue weighted by molar-refractivity contribution is 0.408. The van der Waals surface area contributed by atoms with E-state index in [0.717, 1.165) is 0 Å². The maximum absolute atomic E-state index is 12.2. The number of hydrogen-bond acceptors (Lipinski definition) is 6. The first-order valence-electron chi connectivity index (χ1n) is 6.37. The van der Waals surface area contributed by atoms with Crippen LogP contribution < -0.4 is 10.4 Å². The van der Waals surface area contributed by atoms with Crippen molar-refractivity contribution in [1.29, 1.82) is 0 Å². The smallest absolute Gasteiger partial charge is 0.348 e. The highest BCUT2D eigenvalue weighted by molar-refractivity contribution is 5.92. The number of hydrogen-bond donors (Lipinski definition) is 3. The molecule has 0 aliphatic carbocycles. The number of fused-ring (bicyclic) bond motifs is 1. The van der Waals surface area contributed by atoms with Crippen LogP contribution in [0.2, 0.25) is 0 Å². The fourth-order valence-corrected chi connectivity index (χ4v) is 2.30. The van der Waals surface area contributed by atoms with Gasteiger partial charge in [-0.15, -0.1) is 0 Å². The molecule has 3 N–H and O–H groups in total. The predicted octanol–water partition coefficient (Wildman–Crippen LogP) is 2.59. The molecule has 0 spiro atoms. The first kappa shape index (κ1) is 13.8. The summed E-state index contributed by atoms with van der Waals surface area (Å²) in [6.45, 7) is 0. The normalized spacial score (nSPS) is 10.8. The Balaban J connectivity index is 2.37. The molecular weight excluding hydrogens is 288 g/mol. The van der Waals surface area contributed by atoms with Crippen LogP contribution in [-0.2, 0) is 0 Å². The van der Waals surface area contributed by atoms with E-state index in [0.29, 0.717) is 5.56 Å². The van der Waals surface area contributed by atoms with Crippen molar-refractivity contribution in [3.8, 4) is 34.1 Å². The van der Waals surface area contributed by atoms with Crippen LogP contribution in [0.3, 0.4) is 0 Å². The Kier molecular flexibility index (Phi) is 3.14. The molecule has 0 radical (unpaired) electrons. The van der Waals surface area contributed by atoms with Crippen molar-refractivity contribution in [2.45, 2.75) is 0 Å². The average molecular weight is 300 g/mol. The molecule has 112 valence electrons. The van der Waals surface area contributed by atoms with Crippen LogP contribution in [0.15, 0.2) is 45.6 Å². The fourth-order valence-electron chi connectivity index (χ4n) is 2.30. The minimum Gasteiger partial charge on any atom is -0.508 e. The van der Waals surface area contributed by atoms with Gasteiger partial charge in [0, 0.05) is 17.7 Å². The van der Waals surface area contributed by atoms with Gasteiger partial charge in [0.15, 0.2) is 0 Å². The molecule has 1 heterocycles. The Morgan fingerprint density at radius 3 is 2.41 bits per heavy atom. The Bertz CT molecular complexity index is 926. The van der Waals surface area contributed by atoms with Gasteiger partial charge in [0.25, 0.3) is 0 Å². The minimum absolute atomic E-state index is 0.0322. The maximum Gasteiger partial charge on any atom is 0.348 e. The molecule has 0 amide bonds. The largest absolute Gasteiger partial charge is 0.508 e. The van der Waals surface area contributed by atoms with E-state index in [-0.39, 0.29) is 39.5 Å². The van der Waals surface area contributed by atoms with E-state index in [2.05, 4.69) is 0 Å². The maximum atomic E-state index is 12.2. The molecule has 0 aliphatic rings. The van der Waals surface area contributed by atoms with Crippen LogP contribution in [0.25, 0.3) is 22.1 Å². The number of aromatic hydroxyl groups is 3. The van der Waals surface area contributed by atoms with Crippen molar-refractivity contribution in [2.75, 3.05) is 7.11 Å². The van der Waals surface area contributed by atoms with E-state index in [1.54, 1.807) is 0 Å². The second-order valence-corrected chi connectivity index (χ2v) is 4.68. The SMILES string of the molecule is COc1cc(O)ccc1-c1c(O)c2ccc(O)cc2oc1=O. The lowest BCUT2D eigenvalue weighted by Crippen LogP contribution is -2.04. The zero-order valence-corrected chi connectivity index (χ0v) is 11.5. The molecule has 6 heteroatoms. The molecule has 0 unspecified atom stereocenters. The zero-order chi connectivity index (χ0) is 15.9. The van der Waals surface area contributed by atoms with Gasteiger partial charge in [-0.1, -0.05) is 0 Å². The van der Waals surface area contributed by atoms with Crippen molar-refractivity contribution in [1.82, 2.24) is 0 Å². The topological polar surface area (TPSA) is 100 Å². The monoisotopic (exact) mass is 300 g/mol. The van der Waals surface area contributed by atoms with Crippen molar-refractivity contribution in [3.05, 3.63) is 46.8 Å². The van der Waals surface area contributed by atoms with Gasteiger partial charge in [0.1, 0.15) is 34.1 Å². The summed E-state index contributed by atoms with van der Waals surface area (Å²) in [4.78, 5) is 12.2. The molecular formula is C16H12O6. The van der Waals surface area contributed by atoms with Crippen LogP contribution in [0.1, 0.15) is 0 Å². The van der Waals surface area contributed by atoms with Gasteiger partial charge in [0.2, 0.25) is 0 Å². The van der Waals surface area contributed by atoms with Crippen molar-refractivity contribution >= 4 is 11.0 Å². The number of phenolic OH excluding ortho intramolecular Hbond substituents is 2. The third-order valence-electron chi connectivity index (χ3n) is 3.32. The van der Waals surface area contributed by atoms with Gasteiger partial charge in [-0.25, -0.2) is 4.79 Å². The number of phenols is 2. The van der Waals surface area contributed by atoms with Gasteiger partial charge < -0.3 is 24.5 Å². The van der Waals surface area contributed by atoms with Crippen LogP contribution >= 0.6 is 0 Å². The van der Waals surface area contributed by atoms with E-state index in [9.17, 15) is 20.1 Å². The molecule has 2 aromatic carbocycles. The second-order valence-electron chi connectivity index (χ2n) is 4.68. The highest BCUT2D eigenvalue weighted by Crippen LogP contribution is 2.39. The summed E-state index contributed by atoms with van der Waals surface area (Å²) in [7, 11) is 1.38. The third kappa shape index (κ3) is 2.10. The second kappa shape index (κ2) is 5.00. The Hall–Kier alpha value is -3.15. The molecule has 0 aliphatic heterocycles. The van der Waals surface area contributed by atoms with Crippen LogP contribution in [0.5, 0.6) is 23.0 Å². The summed E-state index contributed by atoms with van der Waals surface area (Å²) in [6, 6.07) is 8.22. The van der Waals surface area contributed by atoms with Crippen LogP contribution in [0, 0.1) is 0 Å². The molecule has 0 atom stereocenters. The summed E-state index contributed by atoms with van der Waals surface area (Å²) in [5.74, 6) is -0.170. The van der Waals surface area contributed by atoms with Crippen LogP contribution in [0.4, 0.5) is 0 Å². The van der Waals surface area contributed by atoms with Crippen molar-refractivity contribution in [3.63, 3.8) is 0 Å². The van der Waals surface area contributed by atoms with E-state index in [1.807, 2.05) is 0 Å². The highest BCUT2D eigenvalue weighted by Gasteiger charge is 2.19. The molecule has 1 aromatic heterocycles. The summed E-state index contributed by atoms with van der Waals surface area (Å²) < 4.78 is 10.3. The summed E-state index contributed by atoms with van der Waals surface area (Å²) in [5.41, 5.74) is -0.486. The summed E-state index contributed by atoms with van der Waals surface area (Å²) in [5, 5.41) is 29.6. The molecule has 6 nitrogen and oxygen atoms in total. The Morgan fingerprint density at radius 2 is 1.68 bits per heavy atom. The lowest BCUT2D eigenvalue weighted by atomic mass is 10.0. The first-order valence-corrected chi connectivity index (χ1v) is 6.37. The van der Waals surface area contributed by atoms with Gasteiger partial charge in [-0.05, 0) is 24.3 Å². The van der Waals surface area contributed by atoms with E-state index < -0.39 is 5.63 Å². The first-order chi connectivity index (χ1) is 10.5. The van der Waals surface area contributed by atoms with Gasteiger partial charge >= 0.3 is 5.63 Å². The number of benzene rings is 2. The minimum atomic E-state index is -0.778. The number of ether oxygens (including phenoxy) is 1. The van der Waals surface area contributed by atoms with Crippen molar-refractivity contribution < 1.29 is 24.5 Å². The molecule has 0 bridgehead atoms. The highest BCUT2D eigenvalue weighted by atomic mass is 16.5. The molecule has 0 fully saturated rings. The van der Waals surface area contributed by atoms with Gasteiger partial charge in [-0.2, -0.15) is 0 Å². The Labute approximate surface area is 124 Å². The third-order valence-corrected chi connectivity index (χ3v) is 3.32. The summed E-state index contributed by atoms with van der Waals surface area (Å²) >= 11 is 0. The molecule has 0 saturated carbocycles. The lowest BCUT2D eigenvalue weighted by Gasteiger charge is -2.11. The molecule has 3 aromatic rings. The molecule has 22 heavy (non-hydrogen) atoms.